The minimum absolute atomic E-state index is 0.0106. The zero-order valence-corrected chi connectivity index (χ0v) is 23.3. The normalized spacial score (nSPS) is 18.6. The molecule has 3 heterocycles. The van der Waals surface area contributed by atoms with Crippen LogP contribution >= 0.6 is 0 Å². The van der Waals surface area contributed by atoms with E-state index in [2.05, 4.69) is 29.4 Å². The van der Waals surface area contributed by atoms with E-state index in [1.807, 2.05) is 59.0 Å². The van der Waals surface area contributed by atoms with Crippen LogP contribution in [0, 0.1) is 11.8 Å². The van der Waals surface area contributed by atoms with Gasteiger partial charge in [-0.1, -0.05) is 30.4 Å². The fourth-order valence-electron chi connectivity index (χ4n) is 6.31. The number of imidazole rings is 1. The highest BCUT2D eigenvalue weighted by atomic mass is 16.5. The number of nitrogens with one attached hydrogen (secondary N) is 1. The van der Waals surface area contributed by atoms with Crippen LogP contribution in [0.15, 0.2) is 70.9 Å². The average molecular weight is 538 g/mol. The van der Waals surface area contributed by atoms with Crippen LogP contribution in [0.2, 0.25) is 0 Å². The smallest absolute Gasteiger partial charge is 0.289 e. The van der Waals surface area contributed by atoms with Crippen LogP contribution in [0.4, 0.5) is 0 Å². The highest BCUT2D eigenvalue weighted by molar-refractivity contribution is 5.97. The van der Waals surface area contributed by atoms with E-state index in [9.17, 15) is 9.59 Å². The highest BCUT2D eigenvalue weighted by Crippen LogP contribution is 2.35. The highest BCUT2D eigenvalue weighted by Gasteiger charge is 2.29. The molecule has 0 saturated carbocycles. The van der Waals surface area contributed by atoms with Crippen LogP contribution in [-0.4, -0.2) is 59.6 Å². The number of hydrogen-bond donors (Lipinski definition) is 1. The molecule has 1 aliphatic carbocycles. The second-order valence-corrected chi connectivity index (χ2v) is 11.0. The summed E-state index contributed by atoms with van der Waals surface area (Å²) in [7, 11) is 3.53. The van der Waals surface area contributed by atoms with Gasteiger partial charge in [0.05, 0.1) is 28.7 Å². The maximum atomic E-state index is 13.3. The zero-order chi connectivity index (χ0) is 27.8. The van der Waals surface area contributed by atoms with Crippen LogP contribution < -0.4 is 15.9 Å². The molecule has 2 aromatic carbocycles. The summed E-state index contributed by atoms with van der Waals surface area (Å²) in [5.74, 6) is 1.22. The van der Waals surface area contributed by atoms with Crippen molar-refractivity contribution in [1.29, 1.82) is 0 Å². The van der Waals surface area contributed by atoms with E-state index in [-0.39, 0.29) is 17.7 Å². The molecule has 1 saturated heterocycles. The van der Waals surface area contributed by atoms with Crippen molar-refractivity contribution in [2.45, 2.75) is 26.2 Å². The van der Waals surface area contributed by atoms with Crippen LogP contribution in [0.5, 0.6) is 0 Å². The number of nitrogens with zero attached hydrogens (tertiary/aromatic N) is 4. The van der Waals surface area contributed by atoms with Crippen molar-refractivity contribution in [3.05, 3.63) is 87.9 Å². The molecule has 2 amide bonds. The first-order valence-electron chi connectivity index (χ1n) is 14.1. The van der Waals surface area contributed by atoms with E-state index in [4.69, 9.17) is 9.73 Å². The third-order valence-electron chi connectivity index (χ3n) is 8.34. The number of carbonyl (C=O) groups is 2. The predicted octanol–water partition coefficient (Wildman–Crippen LogP) is 3.14. The van der Waals surface area contributed by atoms with Gasteiger partial charge in [0.15, 0.2) is 5.82 Å². The second kappa shape index (κ2) is 10.8. The van der Waals surface area contributed by atoms with Crippen LogP contribution in [0.1, 0.15) is 47.2 Å². The molecule has 0 bridgehead atoms. The summed E-state index contributed by atoms with van der Waals surface area (Å²) >= 11 is 0. The van der Waals surface area contributed by atoms with Gasteiger partial charge >= 0.3 is 0 Å². The Morgan fingerprint density at radius 1 is 1.07 bits per heavy atom. The van der Waals surface area contributed by atoms with Crippen molar-refractivity contribution in [2.24, 2.45) is 23.9 Å². The monoisotopic (exact) mass is 537 g/mol. The predicted molar refractivity (Wildman–Crippen MR) is 154 cm³/mol. The minimum Gasteiger partial charge on any atom is -0.383 e. The molecule has 1 fully saturated rings. The molecular formula is C32H35N5O3. The van der Waals surface area contributed by atoms with Crippen molar-refractivity contribution in [3.8, 4) is 0 Å². The van der Waals surface area contributed by atoms with E-state index in [0.29, 0.717) is 30.5 Å². The van der Waals surface area contributed by atoms with Crippen molar-refractivity contribution in [2.75, 3.05) is 33.4 Å². The van der Waals surface area contributed by atoms with Gasteiger partial charge < -0.3 is 19.5 Å². The lowest BCUT2D eigenvalue weighted by atomic mass is 9.82. The third-order valence-corrected chi connectivity index (χ3v) is 8.34. The number of amides is 2. The van der Waals surface area contributed by atoms with E-state index in [0.717, 1.165) is 70.8 Å². The van der Waals surface area contributed by atoms with Crippen molar-refractivity contribution in [1.82, 2.24) is 19.8 Å². The lowest BCUT2D eigenvalue weighted by Crippen LogP contribution is -2.39. The summed E-state index contributed by atoms with van der Waals surface area (Å²) < 4.78 is 6.97. The maximum Gasteiger partial charge on any atom is 0.289 e. The first kappa shape index (κ1) is 26.2. The number of carbonyl (C=O) groups excluding carboxylic acids is 2. The lowest BCUT2D eigenvalue weighted by Gasteiger charge is -2.33. The molecule has 1 aromatic heterocycles. The van der Waals surface area contributed by atoms with Gasteiger partial charge in [0, 0.05) is 50.1 Å². The number of ether oxygens (including phenoxy) is 1. The van der Waals surface area contributed by atoms with Crippen LogP contribution in [-0.2, 0) is 11.8 Å². The molecular weight excluding hydrogens is 502 g/mol. The number of hydrogen-bond acceptors (Lipinski definition) is 5. The Kier molecular flexibility index (Phi) is 7.11. The summed E-state index contributed by atoms with van der Waals surface area (Å²) in [5.41, 5.74) is 5.67. The van der Waals surface area contributed by atoms with Gasteiger partial charge in [-0.05, 0) is 67.9 Å². The Bertz CT molecular complexity index is 1670. The Labute approximate surface area is 233 Å². The van der Waals surface area contributed by atoms with E-state index in [1.54, 1.807) is 7.11 Å². The number of aromatic nitrogens is 2. The fourth-order valence-corrected chi connectivity index (χ4v) is 6.31. The molecule has 40 heavy (non-hydrogen) atoms. The quantitative estimate of drug-likeness (QED) is 0.469. The van der Waals surface area contributed by atoms with Crippen LogP contribution in [0.25, 0.3) is 16.6 Å². The third kappa shape index (κ3) is 4.77. The SMILES string of the molecule is COCCNC(=O)c1cccc2c1=C1C(C)=CC(CC3CCN(C(=O)c4nc5ccccc5n4C)CC3)C=C1N=2. The maximum absolute atomic E-state index is 13.3. The van der Waals surface area contributed by atoms with Crippen molar-refractivity contribution < 1.29 is 14.3 Å². The van der Waals surface area contributed by atoms with Gasteiger partial charge in [0.2, 0.25) is 0 Å². The molecule has 0 spiro atoms. The lowest BCUT2D eigenvalue weighted by molar-refractivity contribution is 0.0668. The van der Waals surface area contributed by atoms with Crippen molar-refractivity contribution >= 4 is 28.4 Å². The molecule has 3 aromatic rings. The Hall–Kier alpha value is -4.04. The number of allylic oxidation sites excluding steroid dienone is 3. The van der Waals surface area contributed by atoms with Gasteiger partial charge in [-0.15, -0.1) is 0 Å². The Morgan fingerprint density at radius 3 is 2.65 bits per heavy atom. The molecule has 1 unspecified atom stereocenters. The van der Waals surface area contributed by atoms with Gasteiger partial charge in [-0.25, -0.2) is 9.98 Å². The van der Waals surface area contributed by atoms with Gasteiger partial charge in [0.1, 0.15) is 0 Å². The molecule has 6 rings (SSSR count). The molecule has 1 N–H and O–H groups in total. The van der Waals surface area contributed by atoms with E-state index >= 15 is 0 Å². The fraction of sp³-hybridized carbons (Fsp3) is 0.375. The summed E-state index contributed by atoms with van der Waals surface area (Å²) in [6.07, 6.45) is 7.55. The van der Waals surface area contributed by atoms with Gasteiger partial charge in [-0.2, -0.15) is 0 Å². The molecule has 0 radical (unpaired) electrons. The molecule has 8 nitrogen and oxygen atoms in total. The Morgan fingerprint density at radius 2 is 1.88 bits per heavy atom. The number of piperidine rings is 1. The topological polar surface area (TPSA) is 88.8 Å². The number of aryl methyl sites for hydroxylation is 1. The van der Waals surface area contributed by atoms with Gasteiger partial charge in [0.25, 0.3) is 11.8 Å². The Balaban J connectivity index is 1.14. The average Bonchev–Trinajstić information content (AvgIpc) is 3.51. The number of benzene rings is 2. The minimum atomic E-state index is -0.104. The summed E-state index contributed by atoms with van der Waals surface area (Å²) in [5, 5.41) is 4.71. The van der Waals surface area contributed by atoms with E-state index in [1.165, 1.54) is 0 Å². The van der Waals surface area contributed by atoms with Gasteiger partial charge in [-0.3, -0.25) is 9.59 Å². The second-order valence-electron chi connectivity index (χ2n) is 11.0. The molecule has 2 aliphatic heterocycles. The molecule has 8 heteroatoms. The number of para-hydroxylation sites is 2. The molecule has 206 valence electrons. The first-order chi connectivity index (χ1) is 19.4. The molecule has 3 aliphatic rings. The number of likely N-dealkylation sites (tertiary alicyclic amines) is 1. The summed E-state index contributed by atoms with van der Waals surface area (Å²) in [6, 6.07) is 13.6. The number of methoxy groups -OCH3 is 1. The number of fused-ring (bicyclic) bond motifs is 3. The number of rotatable bonds is 7. The largest absolute Gasteiger partial charge is 0.383 e. The standard InChI is InChI=1S/C32H35N5O3/c1-20-17-22(19-26-28(20)29-23(7-6-9-25(29)34-26)31(38)33-13-16-40-3)18-21-11-14-37(15-12-21)32(39)30-35-24-8-4-5-10-27(24)36(30)2/h4-10,17,19,21-22H,11-16,18H2,1-3H3,(H,33,38). The first-order valence-corrected chi connectivity index (χ1v) is 14.1. The summed E-state index contributed by atoms with van der Waals surface area (Å²) in [6.45, 7) is 4.55. The van der Waals surface area contributed by atoms with Crippen molar-refractivity contribution in [3.63, 3.8) is 0 Å². The molecule has 1 atom stereocenters. The summed E-state index contributed by atoms with van der Waals surface area (Å²) in [4.78, 5) is 37.7. The zero-order valence-electron chi connectivity index (χ0n) is 23.3. The van der Waals surface area contributed by atoms with Crippen LogP contribution in [0.3, 0.4) is 0 Å². The van der Waals surface area contributed by atoms with E-state index < -0.39 is 0 Å².